The number of rotatable bonds is 4. The number of para-hydroxylation sites is 1. The molecule has 0 aromatic heterocycles. The number of anilines is 2. The Morgan fingerprint density at radius 2 is 1.52 bits per heavy atom. The molecule has 4 nitrogen and oxygen atoms in total. The number of benzene rings is 2. The van der Waals surface area contributed by atoms with Crippen LogP contribution in [0.15, 0.2) is 36.4 Å². The fourth-order valence-electron chi connectivity index (χ4n) is 2.99. The van der Waals surface area contributed by atoms with Crippen molar-refractivity contribution in [2.75, 3.05) is 10.6 Å². The Kier molecular flexibility index (Phi) is 4.82. The predicted molar refractivity (Wildman–Crippen MR) is 101 cm³/mol. The molecule has 1 aliphatic carbocycles. The van der Waals surface area contributed by atoms with E-state index in [1.54, 1.807) is 18.2 Å². The van der Waals surface area contributed by atoms with E-state index in [1.807, 2.05) is 39.0 Å². The predicted octanol–water partition coefficient (Wildman–Crippen LogP) is 4.48. The van der Waals surface area contributed by atoms with Crippen LogP contribution in [0, 0.1) is 32.6 Å². The maximum Gasteiger partial charge on any atom is 0.228 e. The van der Waals surface area contributed by atoms with Crippen LogP contribution in [-0.2, 0) is 9.59 Å². The Morgan fingerprint density at radius 3 is 2.12 bits per heavy atom. The van der Waals surface area contributed by atoms with Gasteiger partial charge in [0.25, 0.3) is 0 Å². The van der Waals surface area contributed by atoms with Crippen LogP contribution >= 0.6 is 11.6 Å². The van der Waals surface area contributed by atoms with Crippen LogP contribution in [0.25, 0.3) is 0 Å². The minimum absolute atomic E-state index is 0.0922. The van der Waals surface area contributed by atoms with Gasteiger partial charge in [0, 0.05) is 16.4 Å². The van der Waals surface area contributed by atoms with Gasteiger partial charge in [0.15, 0.2) is 0 Å². The van der Waals surface area contributed by atoms with Gasteiger partial charge in [0.2, 0.25) is 11.8 Å². The molecule has 2 amide bonds. The SMILES string of the molecule is Cc1cc(Cl)ccc1NC(=O)C1CC1C(=O)Nc1c(C)cccc1C. The maximum absolute atomic E-state index is 12.4. The molecule has 0 saturated heterocycles. The van der Waals surface area contributed by atoms with Crippen LogP contribution in [0.4, 0.5) is 11.4 Å². The first kappa shape index (κ1) is 17.5. The summed E-state index contributed by atoms with van der Waals surface area (Å²) in [6.45, 7) is 5.81. The van der Waals surface area contributed by atoms with E-state index in [0.29, 0.717) is 11.4 Å². The lowest BCUT2D eigenvalue weighted by Crippen LogP contribution is -2.21. The van der Waals surface area contributed by atoms with Gasteiger partial charge in [-0.25, -0.2) is 0 Å². The Balaban J connectivity index is 1.62. The third-order valence-electron chi connectivity index (χ3n) is 4.64. The fourth-order valence-corrected chi connectivity index (χ4v) is 3.22. The lowest BCUT2D eigenvalue weighted by atomic mass is 10.1. The summed E-state index contributed by atoms with van der Waals surface area (Å²) in [7, 11) is 0. The topological polar surface area (TPSA) is 58.2 Å². The minimum atomic E-state index is -0.278. The Bertz CT molecular complexity index is 827. The van der Waals surface area contributed by atoms with Crippen molar-refractivity contribution in [2.24, 2.45) is 11.8 Å². The zero-order valence-electron chi connectivity index (χ0n) is 14.5. The van der Waals surface area contributed by atoms with E-state index >= 15 is 0 Å². The third kappa shape index (κ3) is 3.85. The van der Waals surface area contributed by atoms with Gasteiger partial charge in [-0.05, 0) is 62.1 Å². The highest BCUT2D eigenvalue weighted by Gasteiger charge is 2.48. The van der Waals surface area contributed by atoms with Crippen LogP contribution < -0.4 is 10.6 Å². The molecule has 1 saturated carbocycles. The lowest BCUT2D eigenvalue weighted by molar-refractivity contribution is -0.122. The Hall–Kier alpha value is -2.33. The normalized spacial score (nSPS) is 18.6. The van der Waals surface area contributed by atoms with Crippen molar-refractivity contribution in [2.45, 2.75) is 27.2 Å². The standard InChI is InChI=1S/C20H21ClN2O2/c1-11-5-4-6-12(2)18(11)23-20(25)16-10-15(16)19(24)22-17-8-7-14(21)9-13(17)3/h4-9,15-16H,10H2,1-3H3,(H,22,24)(H,23,25). The number of halogens is 1. The second-order valence-corrected chi connectivity index (χ2v) is 7.09. The van der Waals surface area contributed by atoms with E-state index in [0.717, 1.165) is 28.1 Å². The number of amides is 2. The molecule has 1 aliphatic rings. The van der Waals surface area contributed by atoms with Crippen LogP contribution in [0.1, 0.15) is 23.1 Å². The molecule has 0 bridgehead atoms. The molecular weight excluding hydrogens is 336 g/mol. The summed E-state index contributed by atoms with van der Waals surface area (Å²) in [4.78, 5) is 24.8. The molecule has 2 N–H and O–H groups in total. The van der Waals surface area contributed by atoms with Gasteiger partial charge in [0.1, 0.15) is 0 Å². The van der Waals surface area contributed by atoms with Crippen LogP contribution in [0.3, 0.4) is 0 Å². The number of hydrogen-bond acceptors (Lipinski definition) is 2. The summed E-state index contributed by atoms with van der Waals surface area (Å²) in [5.41, 5.74) is 4.51. The molecule has 2 atom stereocenters. The molecular formula is C20H21ClN2O2. The van der Waals surface area contributed by atoms with Gasteiger partial charge in [-0.1, -0.05) is 29.8 Å². The zero-order chi connectivity index (χ0) is 18.1. The monoisotopic (exact) mass is 356 g/mol. The van der Waals surface area contributed by atoms with E-state index in [1.165, 1.54) is 0 Å². The molecule has 0 heterocycles. The van der Waals surface area contributed by atoms with E-state index in [4.69, 9.17) is 11.6 Å². The molecule has 5 heteroatoms. The van der Waals surface area contributed by atoms with Crippen LogP contribution in [0.5, 0.6) is 0 Å². The van der Waals surface area contributed by atoms with Crippen molar-refractivity contribution < 1.29 is 9.59 Å². The quantitative estimate of drug-likeness (QED) is 0.848. The van der Waals surface area contributed by atoms with Gasteiger partial charge in [-0.3, -0.25) is 9.59 Å². The highest BCUT2D eigenvalue weighted by atomic mass is 35.5. The molecule has 3 rings (SSSR count). The number of nitrogens with one attached hydrogen (secondary N) is 2. The van der Waals surface area contributed by atoms with E-state index < -0.39 is 0 Å². The fraction of sp³-hybridized carbons (Fsp3) is 0.300. The van der Waals surface area contributed by atoms with Gasteiger partial charge in [-0.2, -0.15) is 0 Å². The highest BCUT2D eigenvalue weighted by Crippen LogP contribution is 2.41. The molecule has 2 aromatic rings. The Labute approximate surface area is 152 Å². The minimum Gasteiger partial charge on any atom is -0.326 e. The van der Waals surface area contributed by atoms with Crippen molar-refractivity contribution >= 4 is 34.8 Å². The number of hydrogen-bond donors (Lipinski definition) is 2. The summed E-state index contributed by atoms with van der Waals surface area (Å²) in [5, 5.41) is 6.50. The van der Waals surface area contributed by atoms with Gasteiger partial charge in [0.05, 0.1) is 11.8 Å². The van der Waals surface area contributed by atoms with Crippen molar-refractivity contribution in [1.82, 2.24) is 0 Å². The van der Waals surface area contributed by atoms with E-state index in [2.05, 4.69) is 10.6 Å². The summed E-state index contributed by atoms with van der Waals surface area (Å²) >= 11 is 5.93. The molecule has 2 unspecified atom stereocenters. The van der Waals surface area contributed by atoms with Crippen molar-refractivity contribution in [1.29, 1.82) is 0 Å². The van der Waals surface area contributed by atoms with Crippen molar-refractivity contribution in [3.63, 3.8) is 0 Å². The highest BCUT2D eigenvalue weighted by molar-refractivity contribution is 6.30. The summed E-state index contributed by atoms with van der Waals surface area (Å²) < 4.78 is 0. The van der Waals surface area contributed by atoms with E-state index in [9.17, 15) is 9.59 Å². The summed E-state index contributed by atoms with van der Waals surface area (Å²) in [6.07, 6.45) is 0.579. The number of aryl methyl sites for hydroxylation is 3. The second kappa shape index (κ2) is 6.89. The average Bonchev–Trinajstić information content (AvgIpc) is 3.34. The largest absolute Gasteiger partial charge is 0.326 e. The van der Waals surface area contributed by atoms with Crippen LogP contribution in [-0.4, -0.2) is 11.8 Å². The third-order valence-corrected chi connectivity index (χ3v) is 4.87. The Morgan fingerprint density at radius 1 is 0.920 bits per heavy atom. The zero-order valence-corrected chi connectivity index (χ0v) is 15.3. The average molecular weight is 357 g/mol. The van der Waals surface area contributed by atoms with Crippen LogP contribution in [0.2, 0.25) is 5.02 Å². The smallest absolute Gasteiger partial charge is 0.228 e. The first-order valence-corrected chi connectivity index (χ1v) is 8.68. The first-order valence-electron chi connectivity index (χ1n) is 8.31. The molecule has 0 aliphatic heterocycles. The van der Waals surface area contributed by atoms with Gasteiger partial charge in [-0.15, -0.1) is 0 Å². The number of carbonyl (C=O) groups is 2. The molecule has 25 heavy (non-hydrogen) atoms. The van der Waals surface area contributed by atoms with Crippen molar-refractivity contribution in [3.8, 4) is 0 Å². The molecule has 0 spiro atoms. The molecule has 130 valence electrons. The summed E-state index contributed by atoms with van der Waals surface area (Å²) in [5.74, 6) is -0.761. The lowest BCUT2D eigenvalue weighted by Gasteiger charge is -2.11. The molecule has 2 aromatic carbocycles. The molecule has 1 fully saturated rings. The van der Waals surface area contributed by atoms with E-state index in [-0.39, 0.29) is 23.7 Å². The van der Waals surface area contributed by atoms with Crippen molar-refractivity contribution in [3.05, 3.63) is 58.1 Å². The second-order valence-electron chi connectivity index (χ2n) is 6.65. The maximum atomic E-state index is 12.4. The van der Waals surface area contributed by atoms with Gasteiger partial charge < -0.3 is 10.6 Å². The van der Waals surface area contributed by atoms with Gasteiger partial charge >= 0.3 is 0 Å². The summed E-state index contributed by atoms with van der Waals surface area (Å²) in [6, 6.07) is 11.2. The molecule has 0 radical (unpaired) electrons. The first-order chi connectivity index (χ1) is 11.9. The number of carbonyl (C=O) groups excluding carboxylic acids is 2.